The molecule has 2 heterocycles. The second kappa shape index (κ2) is 5.04. The van der Waals surface area contributed by atoms with Gasteiger partial charge in [-0.2, -0.15) is 0 Å². The van der Waals surface area contributed by atoms with Gasteiger partial charge in [0.15, 0.2) is 0 Å². The lowest BCUT2D eigenvalue weighted by atomic mass is 10.1. The number of rotatable bonds is 3. The van der Waals surface area contributed by atoms with Crippen LogP contribution in [0.1, 0.15) is 12.0 Å². The Hall–Kier alpha value is -1.45. The quantitative estimate of drug-likeness (QED) is 0.826. The number of methoxy groups -OCH3 is 1. The number of benzene rings is 1. The Morgan fingerprint density at radius 2 is 2.22 bits per heavy atom. The highest BCUT2D eigenvalue weighted by molar-refractivity contribution is 5.81. The van der Waals surface area contributed by atoms with E-state index in [1.807, 2.05) is 12.3 Å². The number of hydrogen-bond donors (Lipinski definition) is 0. The Kier molecular flexibility index (Phi) is 3.26. The summed E-state index contributed by atoms with van der Waals surface area (Å²) < 4.78 is 5.41. The van der Waals surface area contributed by atoms with Crippen molar-refractivity contribution in [3.05, 3.63) is 42.1 Å². The molecule has 0 radical (unpaired) electrons. The van der Waals surface area contributed by atoms with Crippen LogP contribution in [-0.2, 0) is 11.3 Å². The average molecular weight is 242 g/mol. The van der Waals surface area contributed by atoms with Gasteiger partial charge < -0.3 is 4.74 Å². The van der Waals surface area contributed by atoms with E-state index < -0.39 is 0 Å². The molecule has 1 aliphatic heterocycles. The summed E-state index contributed by atoms with van der Waals surface area (Å²) >= 11 is 0. The Bertz CT molecular complexity index is 536. The van der Waals surface area contributed by atoms with Crippen molar-refractivity contribution in [1.29, 1.82) is 0 Å². The van der Waals surface area contributed by atoms with E-state index in [-0.39, 0.29) is 0 Å². The number of ether oxygens (including phenoxy) is 1. The van der Waals surface area contributed by atoms with E-state index in [9.17, 15) is 0 Å². The second-order valence-electron chi connectivity index (χ2n) is 4.87. The molecular formula is C15H18N2O. The third-order valence-corrected chi connectivity index (χ3v) is 3.70. The minimum Gasteiger partial charge on any atom is -0.380 e. The Balaban J connectivity index is 1.83. The number of aromatic nitrogens is 1. The minimum atomic E-state index is 0.401. The first-order chi connectivity index (χ1) is 8.86. The van der Waals surface area contributed by atoms with Crippen molar-refractivity contribution in [2.45, 2.75) is 19.1 Å². The molecule has 3 heteroatoms. The molecule has 1 unspecified atom stereocenters. The van der Waals surface area contributed by atoms with Gasteiger partial charge >= 0.3 is 0 Å². The molecule has 18 heavy (non-hydrogen) atoms. The van der Waals surface area contributed by atoms with Crippen molar-refractivity contribution < 1.29 is 4.74 Å². The van der Waals surface area contributed by atoms with E-state index in [1.165, 1.54) is 10.9 Å². The van der Waals surface area contributed by atoms with Crippen molar-refractivity contribution >= 4 is 10.9 Å². The summed E-state index contributed by atoms with van der Waals surface area (Å²) in [5, 5.41) is 1.26. The van der Waals surface area contributed by atoms with Crippen LogP contribution >= 0.6 is 0 Å². The zero-order valence-electron chi connectivity index (χ0n) is 10.7. The number of para-hydroxylation sites is 1. The van der Waals surface area contributed by atoms with E-state index in [0.29, 0.717) is 6.10 Å². The molecule has 3 nitrogen and oxygen atoms in total. The first kappa shape index (κ1) is 11.6. The van der Waals surface area contributed by atoms with Gasteiger partial charge in [0.1, 0.15) is 0 Å². The zero-order valence-corrected chi connectivity index (χ0v) is 10.7. The Morgan fingerprint density at radius 1 is 1.33 bits per heavy atom. The lowest BCUT2D eigenvalue weighted by molar-refractivity contribution is 0.107. The van der Waals surface area contributed by atoms with Gasteiger partial charge in [-0.25, -0.2) is 0 Å². The highest BCUT2D eigenvalue weighted by atomic mass is 16.5. The SMILES string of the molecule is COC1CCN(Cc2ccnc3ccccc23)C1. The highest BCUT2D eigenvalue weighted by Crippen LogP contribution is 2.20. The number of likely N-dealkylation sites (tertiary alicyclic amines) is 1. The normalized spacial score (nSPS) is 20.6. The van der Waals surface area contributed by atoms with Crippen molar-refractivity contribution in [2.75, 3.05) is 20.2 Å². The lowest BCUT2D eigenvalue weighted by Crippen LogP contribution is -2.22. The average Bonchev–Trinajstić information content (AvgIpc) is 2.87. The molecule has 0 aliphatic carbocycles. The van der Waals surface area contributed by atoms with Crippen LogP contribution in [0, 0.1) is 0 Å². The summed E-state index contributed by atoms with van der Waals surface area (Å²) in [5.41, 5.74) is 2.44. The molecule has 0 spiro atoms. The molecule has 94 valence electrons. The summed E-state index contributed by atoms with van der Waals surface area (Å²) in [5.74, 6) is 0. The summed E-state index contributed by atoms with van der Waals surface area (Å²) in [6, 6.07) is 10.5. The molecule has 1 aromatic heterocycles. The number of pyridine rings is 1. The molecule has 2 aromatic rings. The number of fused-ring (bicyclic) bond motifs is 1. The maximum absolute atomic E-state index is 5.41. The van der Waals surface area contributed by atoms with Crippen LogP contribution in [0.25, 0.3) is 10.9 Å². The van der Waals surface area contributed by atoms with Gasteiger partial charge in [0.05, 0.1) is 11.6 Å². The van der Waals surface area contributed by atoms with E-state index in [0.717, 1.165) is 31.6 Å². The lowest BCUT2D eigenvalue weighted by Gasteiger charge is -2.16. The molecule has 1 aliphatic rings. The van der Waals surface area contributed by atoms with E-state index in [4.69, 9.17) is 4.74 Å². The number of nitrogens with zero attached hydrogens (tertiary/aromatic N) is 2. The first-order valence-electron chi connectivity index (χ1n) is 6.44. The molecular weight excluding hydrogens is 224 g/mol. The van der Waals surface area contributed by atoms with E-state index >= 15 is 0 Å². The molecule has 1 atom stereocenters. The third kappa shape index (κ3) is 2.24. The fourth-order valence-electron chi connectivity index (χ4n) is 2.67. The van der Waals surface area contributed by atoms with Crippen molar-refractivity contribution in [2.24, 2.45) is 0 Å². The molecule has 0 bridgehead atoms. The fourth-order valence-corrected chi connectivity index (χ4v) is 2.67. The van der Waals surface area contributed by atoms with Crippen LogP contribution in [0.5, 0.6) is 0 Å². The number of hydrogen-bond acceptors (Lipinski definition) is 3. The minimum absolute atomic E-state index is 0.401. The highest BCUT2D eigenvalue weighted by Gasteiger charge is 2.22. The van der Waals surface area contributed by atoms with Crippen LogP contribution in [0.15, 0.2) is 36.5 Å². The van der Waals surface area contributed by atoms with Crippen molar-refractivity contribution in [3.8, 4) is 0 Å². The largest absolute Gasteiger partial charge is 0.380 e. The molecule has 1 saturated heterocycles. The van der Waals surface area contributed by atoms with Gasteiger partial charge in [-0.3, -0.25) is 9.88 Å². The first-order valence-corrected chi connectivity index (χ1v) is 6.44. The molecule has 1 fully saturated rings. The summed E-state index contributed by atoms with van der Waals surface area (Å²) in [6.45, 7) is 3.14. The van der Waals surface area contributed by atoms with E-state index in [2.05, 4.69) is 34.1 Å². The molecule has 0 saturated carbocycles. The van der Waals surface area contributed by atoms with Gasteiger partial charge in [-0.1, -0.05) is 18.2 Å². The Morgan fingerprint density at radius 3 is 3.06 bits per heavy atom. The van der Waals surface area contributed by atoms with Crippen LogP contribution in [0.3, 0.4) is 0 Å². The predicted molar refractivity (Wildman–Crippen MR) is 72.4 cm³/mol. The topological polar surface area (TPSA) is 25.4 Å². The van der Waals surface area contributed by atoms with Crippen LogP contribution < -0.4 is 0 Å². The molecule has 0 amide bonds. The van der Waals surface area contributed by atoms with Crippen LogP contribution in [0.2, 0.25) is 0 Å². The molecule has 1 aromatic carbocycles. The maximum Gasteiger partial charge on any atom is 0.0710 e. The fraction of sp³-hybridized carbons (Fsp3) is 0.400. The summed E-state index contributed by atoms with van der Waals surface area (Å²) in [6.07, 6.45) is 3.44. The van der Waals surface area contributed by atoms with Gasteiger partial charge in [0.2, 0.25) is 0 Å². The smallest absolute Gasteiger partial charge is 0.0710 e. The van der Waals surface area contributed by atoms with Crippen molar-refractivity contribution in [3.63, 3.8) is 0 Å². The van der Waals surface area contributed by atoms with Crippen LogP contribution in [0.4, 0.5) is 0 Å². The Labute approximate surface area is 107 Å². The van der Waals surface area contributed by atoms with Crippen LogP contribution in [-0.4, -0.2) is 36.2 Å². The monoisotopic (exact) mass is 242 g/mol. The molecule has 3 rings (SSSR count). The van der Waals surface area contributed by atoms with E-state index in [1.54, 1.807) is 7.11 Å². The standard InChI is InChI=1S/C15H18N2O/c1-18-13-7-9-17(11-13)10-12-6-8-16-15-5-3-2-4-14(12)15/h2-6,8,13H,7,9-11H2,1H3. The maximum atomic E-state index is 5.41. The zero-order chi connectivity index (χ0) is 12.4. The van der Waals surface area contributed by atoms with Gasteiger partial charge in [0, 0.05) is 38.3 Å². The second-order valence-corrected chi connectivity index (χ2v) is 4.87. The summed E-state index contributed by atoms with van der Waals surface area (Å²) in [4.78, 5) is 6.86. The predicted octanol–water partition coefficient (Wildman–Crippen LogP) is 2.46. The van der Waals surface area contributed by atoms with Gasteiger partial charge in [-0.15, -0.1) is 0 Å². The summed E-state index contributed by atoms with van der Waals surface area (Å²) in [7, 11) is 1.80. The third-order valence-electron chi connectivity index (χ3n) is 3.70. The molecule has 0 N–H and O–H groups in total. The van der Waals surface area contributed by atoms with Crippen molar-refractivity contribution in [1.82, 2.24) is 9.88 Å². The van der Waals surface area contributed by atoms with Gasteiger partial charge in [-0.05, 0) is 24.1 Å². The van der Waals surface area contributed by atoms with Gasteiger partial charge in [0.25, 0.3) is 0 Å².